The highest BCUT2D eigenvalue weighted by molar-refractivity contribution is 5.80. The van der Waals surface area contributed by atoms with E-state index in [-0.39, 0.29) is 0 Å². The molecule has 0 bridgehead atoms. The zero-order valence-corrected chi connectivity index (χ0v) is 16.2. The Kier molecular flexibility index (Phi) is 9.23. The van der Waals surface area contributed by atoms with E-state index in [2.05, 4.69) is 31.2 Å². The largest absolute Gasteiger partial charge is 0.478 e. The van der Waals surface area contributed by atoms with Crippen molar-refractivity contribution in [3.8, 4) is 0 Å². The number of carboxylic acid groups (broad SMARTS) is 1. The maximum absolute atomic E-state index is 10.4. The standard InChI is InChI=1S/C24H34O2/c1-2-3-6-9-20-12-16-22(17-13-20)23-18-14-21(15-19-23)10-7-4-5-8-11-24(25)26/h4-5,8,11,14-15,18-20,22H,2-3,6-7,9-10,12-13,16-17H2,1H3,(H,25,26). The van der Waals surface area contributed by atoms with E-state index in [1.165, 1.54) is 62.5 Å². The summed E-state index contributed by atoms with van der Waals surface area (Å²) < 4.78 is 0. The van der Waals surface area contributed by atoms with Gasteiger partial charge in [-0.2, -0.15) is 0 Å². The van der Waals surface area contributed by atoms with E-state index in [4.69, 9.17) is 5.11 Å². The molecule has 1 aliphatic rings. The second-order valence-corrected chi connectivity index (χ2v) is 7.62. The zero-order chi connectivity index (χ0) is 18.6. The number of aryl methyl sites for hydroxylation is 1. The van der Waals surface area contributed by atoms with Gasteiger partial charge in [-0.25, -0.2) is 4.79 Å². The highest BCUT2D eigenvalue weighted by Crippen LogP contribution is 2.37. The van der Waals surface area contributed by atoms with Gasteiger partial charge in [0.05, 0.1) is 0 Å². The summed E-state index contributed by atoms with van der Waals surface area (Å²) in [4.78, 5) is 10.4. The van der Waals surface area contributed by atoms with Gasteiger partial charge in [0, 0.05) is 6.08 Å². The van der Waals surface area contributed by atoms with Crippen LogP contribution in [-0.2, 0) is 11.2 Å². The van der Waals surface area contributed by atoms with Crippen LogP contribution >= 0.6 is 0 Å². The molecule has 2 rings (SSSR count). The first kappa shape index (κ1) is 20.5. The number of unbranched alkanes of at least 4 members (excludes halogenated alkanes) is 2. The van der Waals surface area contributed by atoms with Gasteiger partial charge in [-0.15, -0.1) is 0 Å². The second-order valence-electron chi connectivity index (χ2n) is 7.62. The van der Waals surface area contributed by atoms with Gasteiger partial charge >= 0.3 is 5.97 Å². The third kappa shape index (κ3) is 7.59. The fourth-order valence-corrected chi connectivity index (χ4v) is 3.99. The molecular formula is C24H34O2. The van der Waals surface area contributed by atoms with Crippen molar-refractivity contribution in [3.05, 3.63) is 59.7 Å². The van der Waals surface area contributed by atoms with E-state index in [0.717, 1.165) is 30.8 Å². The molecule has 26 heavy (non-hydrogen) atoms. The highest BCUT2D eigenvalue weighted by Gasteiger charge is 2.21. The number of rotatable bonds is 10. The summed E-state index contributed by atoms with van der Waals surface area (Å²) in [5.74, 6) is 0.826. The van der Waals surface area contributed by atoms with Crippen LogP contribution in [-0.4, -0.2) is 11.1 Å². The molecule has 0 heterocycles. The van der Waals surface area contributed by atoms with E-state index >= 15 is 0 Å². The molecule has 1 fully saturated rings. The van der Waals surface area contributed by atoms with Crippen molar-refractivity contribution in [2.24, 2.45) is 5.92 Å². The van der Waals surface area contributed by atoms with Crippen LogP contribution < -0.4 is 0 Å². The molecule has 0 saturated heterocycles. The van der Waals surface area contributed by atoms with Gasteiger partial charge in [0.15, 0.2) is 0 Å². The minimum atomic E-state index is -0.903. The van der Waals surface area contributed by atoms with E-state index < -0.39 is 5.97 Å². The molecule has 0 aliphatic heterocycles. The topological polar surface area (TPSA) is 37.3 Å². The smallest absolute Gasteiger partial charge is 0.328 e. The summed E-state index contributed by atoms with van der Waals surface area (Å²) in [6.45, 7) is 2.29. The number of hydrogen-bond acceptors (Lipinski definition) is 1. The first-order chi connectivity index (χ1) is 12.7. The number of allylic oxidation sites excluding steroid dienone is 3. The molecule has 2 heteroatoms. The van der Waals surface area contributed by atoms with Crippen molar-refractivity contribution in [2.45, 2.75) is 77.0 Å². The Morgan fingerprint density at radius 1 is 1.08 bits per heavy atom. The molecule has 2 nitrogen and oxygen atoms in total. The molecule has 1 saturated carbocycles. The Morgan fingerprint density at radius 2 is 1.81 bits per heavy atom. The summed E-state index contributed by atoms with van der Waals surface area (Å²) in [6, 6.07) is 9.18. The summed E-state index contributed by atoms with van der Waals surface area (Å²) in [7, 11) is 0. The Balaban J connectivity index is 1.71. The summed E-state index contributed by atoms with van der Waals surface area (Å²) in [6.07, 6.45) is 19.6. The zero-order valence-electron chi connectivity index (χ0n) is 16.2. The molecule has 0 aromatic heterocycles. The van der Waals surface area contributed by atoms with Crippen molar-refractivity contribution in [1.29, 1.82) is 0 Å². The van der Waals surface area contributed by atoms with Gasteiger partial charge in [-0.3, -0.25) is 0 Å². The number of hydrogen-bond donors (Lipinski definition) is 1. The number of carbonyl (C=O) groups is 1. The van der Waals surface area contributed by atoms with Crippen molar-refractivity contribution >= 4 is 5.97 Å². The molecule has 0 unspecified atom stereocenters. The quantitative estimate of drug-likeness (QED) is 0.289. The molecule has 0 atom stereocenters. The Hall–Kier alpha value is -1.83. The molecule has 1 aliphatic carbocycles. The monoisotopic (exact) mass is 354 g/mol. The third-order valence-electron chi connectivity index (χ3n) is 5.60. The lowest BCUT2D eigenvalue weighted by Crippen LogP contribution is -2.13. The van der Waals surface area contributed by atoms with Gasteiger partial charge in [-0.05, 0) is 61.5 Å². The van der Waals surface area contributed by atoms with Gasteiger partial charge in [0.1, 0.15) is 0 Å². The fraction of sp³-hybridized carbons (Fsp3) is 0.542. The molecule has 0 spiro atoms. The van der Waals surface area contributed by atoms with Crippen molar-refractivity contribution in [2.75, 3.05) is 0 Å². The van der Waals surface area contributed by atoms with E-state index in [0.29, 0.717) is 0 Å². The SMILES string of the molecule is CCCCCC1CCC(c2ccc(CCC=CC=CC(=O)O)cc2)CC1. The Labute approximate surface area is 159 Å². The first-order valence-corrected chi connectivity index (χ1v) is 10.3. The molecule has 0 radical (unpaired) electrons. The fourth-order valence-electron chi connectivity index (χ4n) is 3.99. The lowest BCUT2D eigenvalue weighted by molar-refractivity contribution is -0.131. The summed E-state index contributed by atoms with van der Waals surface area (Å²) >= 11 is 0. The van der Waals surface area contributed by atoms with Gasteiger partial charge in [-0.1, -0.05) is 75.1 Å². The predicted octanol–water partition coefficient (Wildman–Crippen LogP) is 6.67. The van der Waals surface area contributed by atoms with Crippen molar-refractivity contribution in [1.82, 2.24) is 0 Å². The lowest BCUT2D eigenvalue weighted by atomic mass is 9.77. The van der Waals surface area contributed by atoms with Crippen LogP contribution in [0.25, 0.3) is 0 Å². The number of carboxylic acids is 1. The Morgan fingerprint density at radius 3 is 2.46 bits per heavy atom. The van der Waals surface area contributed by atoms with Crippen LogP contribution in [0.4, 0.5) is 0 Å². The van der Waals surface area contributed by atoms with E-state index in [1.807, 2.05) is 6.08 Å². The molecule has 0 amide bonds. The molecule has 1 aromatic carbocycles. The first-order valence-electron chi connectivity index (χ1n) is 10.3. The predicted molar refractivity (Wildman–Crippen MR) is 110 cm³/mol. The second kappa shape index (κ2) is 11.7. The van der Waals surface area contributed by atoms with E-state index in [9.17, 15) is 4.79 Å². The minimum Gasteiger partial charge on any atom is -0.478 e. The number of aliphatic carboxylic acids is 1. The highest BCUT2D eigenvalue weighted by atomic mass is 16.4. The van der Waals surface area contributed by atoms with Crippen molar-refractivity contribution < 1.29 is 9.90 Å². The molecule has 1 N–H and O–H groups in total. The van der Waals surface area contributed by atoms with Gasteiger partial charge in [0.25, 0.3) is 0 Å². The van der Waals surface area contributed by atoms with Crippen LogP contribution in [0.15, 0.2) is 48.6 Å². The summed E-state index contributed by atoms with van der Waals surface area (Å²) in [5, 5.41) is 8.52. The third-order valence-corrected chi connectivity index (χ3v) is 5.60. The average Bonchev–Trinajstić information content (AvgIpc) is 2.66. The Bertz CT molecular complexity index is 575. The normalized spacial score (nSPS) is 20.8. The summed E-state index contributed by atoms with van der Waals surface area (Å²) in [5.41, 5.74) is 2.87. The number of benzene rings is 1. The maximum atomic E-state index is 10.4. The van der Waals surface area contributed by atoms with Crippen molar-refractivity contribution in [3.63, 3.8) is 0 Å². The van der Waals surface area contributed by atoms with Crippen LogP contribution in [0, 0.1) is 5.92 Å². The lowest BCUT2D eigenvalue weighted by Gasteiger charge is -2.29. The average molecular weight is 355 g/mol. The minimum absolute atomic E-state index is 0.757. The molecule has 1 aromatic rings. The van der Waals surface area contributed by atoms with E-state index in [1.54, 1.807) is 12.2 Å². The van der Waals surface area contributed by atoms with Crippen LogP contribution in [0.5, 0.6) is 0 Å². The van der Waals surface area contributed by atoms with Gasteiger partial charge in [0.2, 0.25) is 0 Å². The van der Waals surface area contributed by atoms with Gasteiger partial charge < -0.3 is 5.11 Å². The van der Waals surface area contributed by atoms with Crippen LogP contribution in [0.2, 0.25) is 0 Å². The molecular weight excluding hydrogens is 320 g/mol. The molecule has 142 valence electrons. The maximum Gasteiger partial charge on any atom is 0.328 e. The van der Waals surface area contributed by atoms with Crippen LogP contribution in [0.1, 0.15) is 81.8 Å². The van der Waals surface area contributed by atoms with Crippen LogP contribution in [0.3, 0.4) is 0 Å².